The van der Waals surface area contributed by atoms with Gasteiger partial charge in [-0.05, 0) is 37.5 Å². The van der Waals surface area contributed by atoms with Crippen molar-refractivity contribution in [1.82, 2.24) is 0 Å². The number of fused-ring (bicyclic) bond motifs is 2. The standard InChI is InChI=1S/C31H28O2/c1-21-11-15-24(16-12-21)19-32-30-26-8-4-5-9-27(26)31(29-23(3)7-6-10-28(29)30)33-20-25-17-13-22(2)14-18-25/h4-18H,19-20H2,1-3H3. The number of hydrogen-bond acceptors (Lipinski definition) is 2. The lowest BCUT2D eigenvalue weighted by molar-refractivity contribution is 0.308. The molecule has 0 aliphatic rings. The summed E-state index contributed by atoms with van der Waals surface area (Å²) in [5.74, 6) is 1.83. The molecule has 5 aromatic carbocycles. The van der Waals surface area contributed by atoms with E-state index in [2.05, 4.69) is 112 Å². The maximum Gasteiger partial charge on any atom is 0.135 e. The zero-order valence-electron chi connectivity index (χ0n) is 19.4. The molecule has 0 aliphatic heterocycles. The minimum absolute atomic E-state index is 0.525. The third-order valence-corrected chi connectivity index (χ3v) is 6.17. The van der Waals surface area contributed by atoms with E-state index in [0.29, 0.717) is 13.2 Å². The van der Waals surface area contributed by atoms with Crippen LogP contribution in [0.2, 0.25) is 0 Å². The topological polar surface area (TPSA) is 18.5 Å². The second kappa shape index (κ2) is 8.99. The molecule has 0 aromatic heterocycles. The molecule has 0 saturated heterocycles. The van der Waals surface area contributed by atoms with Crippen LogP contribution in [0.15, 0.2) is 91.0 Å². The molecule has 33 heavy (non-hydrogen) atoms. The van der Waals surface area contributed by atoms with Gasteiger partial charge in [0, 0.05) is 21.5 Å². The van der Waals surface area contributed by atoms with Crippen molar-refractivity contribution < 1.29 is 9.47 Å². The van der Waals surface area contributed by atoms with Gasteiger partial charge in [-0.2, -0.15) is 0 Å². The molecule has 2 nitrogen and oxygen atoms in total. The minimum Gasteiger partial charge on any atom is -0.488 e. The average Bonchev–Trinajstić information content (AvgIpc) is 2.83. The first-order chi connectivity index (χ1) is 16.1. The molecule has 164 valence electrons. The van der Waals surface area contributed by atoms with Crippen molar-refractivity contribution in [1.29, 1.82) is 0 Å². The number of ether oxygens (including phenoxy) is 2. The van der Waals surface area contributed by atoms with Crippen molar-refractivity contribution in [3.63, 3.8) is 0 Å². The molecule has 0 aliphatic carbocycles. The van der Waals surface area contributed by atoms with E-state index in [-0.39, 0.29) is 0 Å². The number of rotatable bonds is 6. The third-order valence-electron chi connectivity index (χ3n) is 6.17. The predicted octanol–water partition coefficient (Wildman–Crippen LogP) is 8.08. The molecule has 0 fully saturated rings. The predicted molar refractivity (Wildman–Crippen MR) is 137 cm³/mol. The van der Waals surface area contributed by atoms with Crippen LogP contribution in [0.25, 0.3) is 21.5 Å². The molecule has 5 rings (SSSR count). The van der Waals surface area contributed by atoms with Crippen LogP contribution in [0, 0.1) is 20.8 Å². The van der Waals surface area contributed by atoms with Gasteiger partial charge in [-0.3, -0.25) is 0 Å². The van der Waals surface area contributed by atoms with E-state index in [9.17, 15) is 0 Å². The maximum atomic E-state index is 6.51. The first-order valence-electron chi connectivity index (χ1n) is 11.4. The van der Waals surface area contributed by atoms with Crippen molar-refractivity contribution >= 4 is 21.5 Å². The average molecular weight is 433 g/mol. The van der Waals surface area contributed by atoms with Crippen LogP contribution in [-0.4, -0.2) is 0 Å². The fourth-order valence-electron chi connectivity index (χ4n) is 4.30. The Hall–Kier alpha value is -3.78. The monoisotopic (exact) mass is 432 g/mol. The van der Waals surface area contributed by atoms with Crippen LogP contribution >= 0.6 is 0 Å². The van der Waals surface area contributed by atoms with Gasteiger partial charge in [0.15, 0.2) is 0 Å². The zero-order chi connectivity index (χ0) is 22.8. The van der Waals surface area contributed by atoms with Gasteiger partial charge in [0.25, 0.3) is 0 Å². The van der Waals surface area contributed by atoms with Gasteiger partial charge in [-0.25, -0.2) is 0 Å². The van der Waals surface area contributed by atoms with Gasteiger partial charge in [0.05, 0.1) is 0 Å². The molecule has 0 N–H and O–H groups in total. The van der Waals surface area contributed by atoms with Crippen molar-refractivity contribution in [2.24, 2.45) is 0 Å². The van der Waals surface area contributed by atoms with Gasteiger partial charge in [0.1, 0.15) is 24.7 Å². The summed E-state index contributed by atoms with van der Waals surface area (Å²) in [7, 11) is 0. The highest BCUT2D eigenvalue weighted by Gasteiger charge is 2.17. The van der Waals surface area contributed by atoms with Crippen LogP contribution in [-0.2, 0) is 13.2 Å². The van der Waals surface area contributed by atoms with Crippen LogP contribution in [0.5, 0.6) is 11.5 Å². The summed E-state index contributed by atoms with van der Waals surface area (Å²) < 4.78 is 13.0. The SMILES string of the molecule is Cc1ccc(COc2c3ccccc3c(OCc3ccc(C)cc3)c3c(C)cccc23)cc1. The fourth-order valence-corrected chi connectivity index (χ4v) is 4.30. The van der Waals surface area contributed by atoms with Crippen molar-refractivity contribution in [3.8, 4) is 11.5 Å². The Balaban J connectivity index is 1.60. The first-order valence-corrected chi connectivity index (χ1v) is 11.4. The second-order valence-corrected chi connectivity index (χ2v) is 8.75. The van der Waals surface area contributed by atoms with Crippen LogP contribution in [0.3, 0.4) is 0 Å². The van der Waals surface area contributed by atoms with Crippen LogP contribution in [0.1, 0.15) is 27.8 Å². The molecule has 0 atom stereocenters. The van der Waals surface area contributed by atoms with Crippen molar-refractivity contribution in [2.75, 3.05) is 0 Å². The lowest BCUT2D eigenvalue weighted by Gasteiger charge is -2.19. The minimum atomic E-state index is 0.525. The molecule has 0 saturated carbocycles. The molecule has 0 unspecified atom stereocenters. The maximum absolute atomic E-state index is 6.51. The van der Waals surface area contributed by atoms with Gasteiger partial charge < -0.3 is 9.47 Å². The van der Waals surface area contributed by atoms with Crippen molar-refractivity contribution in [2.45, 2.75) is 34.0 Å². The van der Waals surface area contributed by atoms with Gasteiger partial charge in [0.2, 0.25) is 0 Å². The highest BCUT2D eigenvalue weighted by atomic mass is 16.5. The molecule has 0 bridgehead atoms. The summed E-state index contributed by atoms with van der Waals surface area (Å²) in [6.45, 7) is 7.39. The molecule has 5 aromatic rings. The molecular weight excluding hydrogens is 404 g/mol. The zero-order valence-corrected chi connectivity index (χ0v) is 19.4. The molecule has 0 spiro atoms. The Bertz CT molecular complexity index is 1410. The smallest absolute Gasteiger partial charge is 0.135 e. The Morgan fingerprint density at radius 2 is 0.970 bits per heavy atom. The largest absolute Gasteiger partial charge is 0.488 e. The highest BCUT2D eigenvalue weighted by molar-refractivity contribution is 6.12. The van der Waals surface area contributed by atoms with E-state index in [1.54, 1.807) is 0 Å². The summed E-state index contributed by atoms with van der Waals surface area (Å²) in [5, 5.41) is 4.34. The van der Waals surface area contributed by atoms with Gasteiger partial charge in [-0.15, -0.1) is 0 Å². The summed E-state index contributed by atoms with van der Waals surface area (Å²) in [6, 6.07) is 31.8. The Morgan fingerprint density at radius 1 is 0.485 bits per heavy atom. The Morgan fingerprint density at radius 3 is 1.55 bits per heavy atom. The van der Waals surface area contributed by atoms with Gasteiger partial charge in [-0.1, -0.05) is 102 Å². The molecular formula is C31H28O2. The normalized spacial score (nSPS) is 11.1. The summed E-state index contributed by atoms with van der Waals surface area (Å²) in [4.78, 5) is 0. The number of aryl methyl sites for hydroxylation is 3. The molecule has 0 radical (unpaired) electrons. The van der Waals surface area contributed by atoms with E-state index >= 15 is 0 Å². The van der Waals surface area contributed by atoms with E-state index in [0.717, 1.165) is 44.2 Å². The van der Waals surface area contributed by atoms with Crippen LogP contribution in [0.4, 0.5) is 0 Å². The molecule has 0 amide bonds. The van der Waals surface area contributed by atoms with Gasteiger partial charge >= 0.3 is 0 Å². The van der Waals surface area contributed by atoms with E-state index < -0.39 is 0 Å². The number of hydrogen-bond donors (Lipinski definition) is 0. The van der Waals surface area contributed by atoms with E-state index in [4.69, 9.17) is 9.47 Å². The second-order valence-electron chi connectivity index (χ2n) is 8.75. The summed E-state index contributed by atoms with van der Waals surface area (Å²) in [6.07, 6.45) is 0. The van der Waals surface area contributed by atoms with E-state index in [1.807, 2.05) is 0 Å². The lowest BCUT2D eigenvalue weighted by atomic mass is 9.97. The van der Waals surface area contributed by atoms with Crippen LogP contribution < -0.4 is 9.47 Å². The number of benzene rings is 5. The third kappa shape index (κ3) is 4.29. The Kier molecular flexibility index (Phi) is 5.75. The van der Waals surface area contributed by atoms with Crippen molar-refractivity contribution in [3.05, 3.63) is 119 Å². The van der Waals surface area contributed by atoms with E-state index in [1.165, 1.54) is 16.7 Å². The lowest BCUT2D eigenvalue weighted by Crippen LogP contribution is -2.01. The molecule has 0 heterocycles. The fraction of sp³-hybridized carbons (Fsp3) is 0.161. The Labute approximate surface area is 195 Å². The highest BCUT2D eigenvalue weighted by Crippen LogP contribution is 2.44. The molecule has 2 heteroatoms. The summed E-state index contributed by atoms with van der Waals surface area (Å²) in [5.41, 5.74) is 5.99. The quantitative estimate of drug-likeness (QED) is 0.253. The summed E-state index contributed by atoms with van der Waals surface area (Å²) >= 11 is 0. The first kappa shape index (κ1) is 21.1.